The summed E-state index contributed by atoms with van der Waals surface area (Å²) in [7, 11) is 0. The second-order valence-corrected chi connectivity index (χ2v) is 6.59. The number of carbonyl (C=O) groups excluding carboxylic acids is 1. The summed E-state index contributed by atoms with van der Waals surface area (Å²) in [5, 5.41) is 4.03. The zero-order valence-electron chi connectivity index (χ0n) is 13.4. The van der Waals surface area contributed by atoms with Gasteiger partial charge in [0.25, 0.3) is 0 Å². The van der Waals surface area contributed by atoms with Crippen LogP contribution in [0, 0.1) is 5.92 Å². The van der Waals surface area contributed by atoms with Crippen molar-refractivity contribution < 1.29 is 14.1 Å². The molecule has 1 aliphatic heterocycles. The Bertz CT molecular complexity index is 479. The van der Waals surface area contributed by atoms with Gasteiger partial charge >= 0.3 is 5.97 Å². The third-order valence-corrected chi connectivity index (χ3v) is 3.62. The highest BCUT2D eigenvalue weighted by molar-refractivity contribution is 5.72. The fourth-order valence-electron chi connectivity index (χ4n) is 2.47. The maximum absolute atomic E-state index is 11.8. The molecule has 6 heteroatoms. The predicted octanol–water partition coefficient (Wildman–Crippen LogP) is 2.14. The number of nitrogens with zero attached hydrogens (tertiary/aromatic N) is 3. The van der Waals surface area contributed by atoms with Crippen LogP contribution in [-0.2, 0) is 21.5 Å². The molecule has 0 aromatic carbocycles. The highest BCUT2D eigenvalue weighted by atomic mass is 16.5. The molecule has 2 rings (SSSR count). The third kappa shape index (κ3) is 4.27. The largest absolute Gasteiger partial charge is 0.466 e. The Balaban J connectivity index is 1.93. The van der Waals surface area contributed by atoms with Gasteiger partial charge in [0.1, 0.15) is 0 Å². The fourth-order valence-corrected chi connectivity index (χ4v) is 2.47. The molecule has 21 heavy (non-hydrogen) atoms. The minimum atomic E-state index is -0.114. The second kappa shape index (κ2) is 6.56. The van der Waals surface area contributed by atoms with Crippen LogP contribution in [0.2, 0.25) is 0 Å². The molecule has 1 atom stereocenters. The molecule has 0 bridgehead atoms. The lowest BCUT2D eigenvalue weighted by Gasteiger charge is -2.30. The molecule has 2 heterocycles. The molecule has 0 unspecified atom stereocenters. The first kappa shape index (κ1) is 15.9. The number of rotatable bonds is 4. The molecule has 0 N–H and O–H groups in total. The molecule has 0 aliphatic carbocycles. The van der Waals surface area contributed by atoms with Crippen LogP contribution < -0.4 is 0 Å². The lowest BCUT2D eigenvalue weighted by molar-refractivity contribution is -0.150. The van der Waals surface area contributed by atoms with Crippen LogP contribution in [0.25, 0.3) is 0 Å². The Morgan fingerprint density at radius 3 is 2.86 bits per heavy atom. The van der Waals surface area contributed by atoms with Gasteiger partial charge in [0.05, 0.1) is 19.1 Å². The lowest BCUT2D eigenvalue weighted by Crippen LogP contribution is -2.39. The van der Waals surface area contributed by atoms with Crippen LogP contribution in [-0.4, -0.2) is 40.7 Å². The standard InChI is InChI=1S/C15H25N3O3/c1-5-20-13(19)11-7-6-8-18(9-11)10-12-16-14(17-21-12)15(2,3)4/h11H,5-10H2,1-4H3/t11-/m1/s1. The maximum atomic E-state index is 11.8. The Morgan fingerprint density at radius 2 is 2.24 bits per heavy atom. The highest BCUT2D eigenvalue weighted by Crippen LogP contribution is 2.21. The minimum Gasteiger partial charge on any atom is -0.466 e. The van der Waals surface area contributed by atoms with E-state index in [1.807, 2.05) is 6.92 Å². The van der Waals surface area contributed by atoms with Gasteiger partial charge in [-0.25, -0.2) is 0 Å². The summed E-state index contributed by atoms with van der Waals surface area (Å²) >= 11 is 0. The van der Waals surface area contributed by atoms with Crippen molar-refractivity contribution in [2.75, 3.05) is 19.7 Å². The van der Waals surface area contributed by atoms with E-state index in [0.29, 0.717) is 25.6 Å². The van der Waals surface area contributed by atoms with Gasteiger partial charge in [-0.05, 0) is 26.3 Å². The number of aromatic nitrogens is 2. The molecule has 118 valence electrons. The normalized spacial score (nSPS) is 20.5. The zero-order valence-corrected chi connectivity index (χ0v) is 13.4. The van der Waals surface area contributed by atoms with Crippen LogP contribution in [0.4, 0.5) is 0 Å². The molecule has 1 saturated heterocycles. The molecule has 6 nitrogen and oxygen atoms in total. The first-order valence-electron chi connectivity index (χ1n) is 7.62. The topological polar surface area (TPSA) is 68.5 Å². The van der Waals surface area contributed by atoms with E-state index in [9.17, 15) is 4.79 Å². The Morgan fingerprint density at radius 1 is 1.48 bits per heavy atom. The van der Waals surface area contributed by atoms with Crippen molar-refractivity contribution in [1.82, 2.24) is 15.0 Å². The van der Waals surface area contributed by atoms with E-state index >= 15 is 0 Å². The van der Waals surface area contributed by atoms with Crippen LogP contribution in [0.1, 0.15) is 52.3 Å². The van der Waals surface area contributed by atoms with Crippen LogP contribution >= 0.6 is 0 Å². The molecule has 1 fully saturated rings. The zero-order chi connectivity index (χ0) is 15.5. The number of carbonyl (C=O) groups is 1. The Hall–Kier alpha value is -1.43. The average Bonchev–Trinajstić information content (AvgIpc) is 2.88. The van der Waals surface area contributed by atoms with E-state index in [1.165, 1.54) is 0 Å². The highest BCUT2D eigenvalue weighted by Gasteiger charge is 2.28. The lowest BCUT2D eigenvalue weighted by atomic mass is 9.96. The first-order valence-corrected chi connectivity index (χ1v) is 7.62. The van der Waals surface area contributed by atoms with Gasteiger partial charge in [-0.3, -0.25) is 9.69 Å². The summed E-state index contributed by atoms with van der Waals surface area (Å²) < 4.78 is 10.4. The molecule has 0 spiro atoms. The minimum absolute atomic E-state index is 0.0382. The van der Waals surface area contributed by atoms with E-state index in [4.69, 9.17) is 9.26 Å². The van der Waals surface area contributed by atoms with E-state index in [0.717, 1.165) is 25.2 Å². The molecule has 1 aromatic rings. The van der Waals surface area contributed by atoms with Crippen molar-refractivity contribution in [2.24, 2.45) is 5.92 Å². The van der Waals surface area contributed by atoms with Crippen molar-refractivity contribution in [2.45, 2.75) is 52.5 Å². The van der Waals surface area contributed by atoms with Gasteiger partial charge in [-0.2, -0.15) is 4.98 Å². The fraction of sp³-hybridized carbons (Fsp3) is 0.800. The smallest absolute Gasteiger partial charge is 0.310 e. The molecular weight excluding hydrogens is 270 g/mol. The SMILES string of the molecule is CCOC(=O)[C@@H]1CCCN(Cc2nc(C(C)(C)C)no2)C1. The molecule has 0 radical (unpaired) electrons. The van der Waals surface area contributed by atoms with Crippen LogP contribution in [0.3, 0.4) is 0 Å². The summed E-state index contributed by atoms with van der Waals surface area (Å²) in [6.45, 7) is 10.7. The molecule has 0 amide bonds. The van der Waals surface area contributed by atoms with Gasteiger partial charge in [0.2, 0.25) is 5.89 Å². The number of likely N-dealkylation sites (tertiary alicyclic amines) is 1. The van der Waals surface area contributed by atoms with Gasteiger partial charge in [0.15, 0.2) is 5.82 Å². The quantitative estimate of drug-likeness (QED) is 0.793. The van der Waals surface area contributed by atoms with Gasteiger partial charge in [-0.1, -0.05) is 25.9 Å². The summed E-state index contributed by atoms with van der Waals surface area (Å²) in [5.41, 5.74) is -0.114. The van der Waals surface area contributed by atoms with E-state index in [1.54, 1.807) is 0 Å². The van der Waals surface area contributed by atoms with E-state index in [-0.39, 0.29) is 17.3 Å². The number of hydrogen-bond acceptors (Lipinski definition) is 6. The van der Waals surface area contributed by atoms with Crippen molar-refractivity contribution in [3.05, 3.63) is 11.7 Å². The number of esters is 1. The van der Waals surface area contributed by atoms with Gasteiger partial charge in [-0.15, -0.1) is 0 Å². The van der Waals surface area contributed by atoms with Crippen molar-refractivity contribution in [3.63, 3.8) is 0 Å². The van der Waals surface area contributed by atoms with Crippen LogP contribution in [0.5, 0.6) is 0 Å². The number of piperidine rings is 1. The molecule has 0 saturated carbocycles. The Kier molecular flexibility index (Phi) is 4.98. The van der Waals surface area contributed by atoms with Crippen molar-refractivity contribution in [3.8, 4) is 0 Å². The van der Waals surface area contributed by atoms with Crippen LogP contribution in [0.15, 0.2) is 4.52 Å². The average molecular weight is 295 g/mol. The van der Waals surface area contributed by atoms with Gasteiger partial charge < -0.3 is 9.26 Å². The predicted molar refractivity (Wildman–Crippen MR) is 77.6 cm³/mol. The van der Waals surface area contributed by atoms with Gasteiger partial charge in [0, 0.05) is 12.0 Å². The first-order chi connectivity index (χ1) is 9.90. The number of hydrogen-bond donors (Lipinski definition) is 0. The summed E-state index contributed by atoms with van der Waals surface area (Å²) in [6.07, 6.45) is 1.89. The van der Waals surface area contributed by atoms with Crippen molar-refractivity contribution in [1.29, 1.82) is 0 Å². The second-order valence-electron chi connectivity index (χ2n) is 6.59. The van der Waals surface area contributed by atoms with Crippen molar-refractivity contribution >= 4 is 5.97 Å². The third-order valence-electron chi connectivity index (χ3n) is 3.62. The molecular formula is C15H25N3O3. The molecule has 1 aromatic heterocycles. The number of ether oxygens (including phenoxy) is 1. The summed E-state index contributed by atoms with van der Waals surface area (Å²) in [6, 6.07) is 0. The molecule has 1 aliphatic rings. The monoisotopic (exact) mass is 295 g/mol. The van der Waals surface area contributed by atoms with E-state index in [2.05, 4.69) is 35.8 Å². The summed E-state index contributed by atoms with van der Waals surface area (Å²) in [5.74, 6) is 1.20. The Labute approximate surface area is 125 Å². The maximum Gasteiger partial charge on any atom is 0.310 e. The summed E-state index contributed by atoms with van der Waals surface area (Å²) in [4.78, 5) is 18.5. The van der Waals surface area contributed by atoms with E-state index < -0.39 is 0 Å².